The second-order valence-corrected chi connectivity index (χ2v) is 12.5. The summed E-state index contributed by atoms with van der Waals surface area (Å²) in [6.07, 6.45) is 11.0. The minimum atomic E-state index is -0.542. The van der Waals surface area contributed by atoms with Crippen LogP contribution in [0.2, 0.25) is 0 Å². The van der Waals surface area contributed by atoms with Gasteiger partial charge in [-0.05, 0) is 55.6 Å². The van der Waals surface area contributed by atoms with Crippen molar-refractivity contribution in [3.63, 3.8) is 0 Å². The lowest BCUT2D eigenvalue weighted by Crippen LogP contribution is -2.60. The maximum atomic E-state index is 13.4. The van der Waals surface area contributed by atoms with E-state index in [4.69, 9.17) is 0 Å². The smallest absolute Gasteiger partial charge is 0.312 e. The number of nitrogens with one attached hydrogen (secondary N) is 1. The normalized spacial score (nSPS) is 21.8. The highest BCUT2D eigenvalue weighted by Crippen LogP contribution is 2.28. The topological polar surface area (TPSA) is 90.0 Å². The summed E-state index contributed by atoms with van der Waals surface area (Å²) in [5.41, 5.74) is 2.31. The van der Waals surface area contributed by atoms with Crippen molar-refractivity contribution in [2.24, 2.45) is 5.92 Å². The van der Waals surface area contributed by atoms with Crippen molar-refractivity contribution in [2.75, 3.05) is 32.7 Å². The number of carbonyl (C=O) groups is 4. The molecule has 1 aliphatic carbocycles. The lowest BCUT2D eigenvalue weighted by atomic mass is 9.86. The van der Waals surface area contributed by atoms with Gasteiger partial charge in [0.2, 0.25) is 0 Å². The van der Waals surface area contributed by atoms with Crippen LogP contribution in [0.25, 0.3) is 0 Å². The summed E-state index contributed by atoms with van der Waals surface area (Å²) in [4.78, 5) is 56.8. The monoisotopic (exact) mass is 586 g/mol. The van der Waals surface area contributed by atoms with E-state index in [9.17, 15) is 19.2 Å². The fraction of sp³-hybridized carbons (Fsp3) is 0.543. The van der Waals surface area contributed by atoms with Crippen LogP contribution in [-0.4, -0.2) is 83.1 Å². The first kappa shape index (κ1) is 30.8. The standard InChI is InChI=1S/C35H46N4O4/c40-32-33(41)38(22-19-27-12-4-1-5-13-27)30(25-36-32)18-10-11-21-37-26-31(24-29-16-8-3-9-17-29)39(35(43)34(37)42)23-20-28-14-6-2-7-15-28/h1,3-5,8-9,12-13,16-17,28,30-31H,2,6-7,10-11,14-15,18-26H2,(H,36,40)/t30-,31-/m0/s1. The lowest BCUT2D eigenvalue weighted by molar-refractivity contribution is -0.159. The summed E-state index contributed by atoms with van der Waals surface area (Å²) < 4.78 is 0. The quantitative estimate of drug-likeness (QED) is 0.284. The van der Waals surface area contributed by atoms with Crippen LogP contribution in [0, 0.1) is 5.92 Å². The Labute approximate surface area is 255 Å². The molecule has 8 heteroatoms. The van der Waals surface area contributed by atoms with Crippen molar-refractivity contribution in [1.29, 1.82) is 0 Å². The summed E-state index contributed by atoms with van der Waals surface area (Å²) in [5, 5.41) is 2.74. The zero-order valence-corrected chi connectivity index (χ0v) is 25.3. The first-order chi connectivity index (χ1) is 21.0. The number of hydrogen-bond acceptors (Lipinski definition) is 4. The van der Waals surface area contributed by atoms with E-state index in [-0.39, 0.29) is 18.0 Å². The van der Waals surface area contributed by atoms with Gasteiger partial charge in [-0.15, -0.1) is 0 Å². The third-order valence-corrected chi connectivity index (χ3v) is 9.51. The van der Waals surface area contributed by atoms with E-state index in [2.05, 4.69) is 17.4 Å². The number of rotatable bonds is 13. The average Bonchev–Trinajstić information content (AvgIpc) is 3.04. The molecule has 0 spiro atoms. The lowest BCUT2D eigenvalue weighted by Gasteiger charge is -2.41. The summed E-state index contributed by atoms with van der Waals surface area (Å²) >= 11 is 0. The number of carbonyl (C=O) groups excluding carboxylic acids is 4. The highest BCUT2D eigenvalue weighted by molar-refractivity contribution is 6.36. The minimum Gasteiger partial charge on any atom is -0.346 e. The van der Waals surface area contributed by atoms with Crippen LogP contribution in [0.15, 0.2) is 60.7 Å². The third kappa shape index (κ3) is 8.24. The molecule has 8 nitrogen and oxygen atoms in total. The second kappa shape index (κ2) is 15.2. The molecule has 3 aliphatic rings. The Morgan fingerprint density at radius 2 is 1.33 bits per heavy atom. The van der Waals surface area contributed by atoms with E-state index in [1.807, 2.05) is 53.4 Å². The molecule has 230 valence electrons. The van der Waals surface area contributed by atoms with E-state index < -0.39 is 17.7 Å². The largest absolute Gasteiger partial charge is 0.346 e. The van der Waals surface area contributed by atoms with Crippen LogP contribution in [0.5, 0.6) is 0 Å². The molecule has 1 saturated carbocycles. The van der Waals surface area contributed by atoms with Gasteiger partial charge in [0.05, 0.1) is 6.04 Å². The summed E-state index contributed by atoms with van der Waals surface area (Å²) in [6, 6.07) is 20.1. The maximum absolute atomic E-state index is 13.4. The van der Waals surface area contributed by atoms with Crippen LogP contribution in [0.1, 0.15) is 68.9 Å². The van der Waals surface area contributed by atoms with Crippen molar-refractivity contribution in [2.45, 2.75) is 82.7 Å². The van der Waals surface area contributed by atoms with Crippen molar-refractivity contribution in [1.82, 2.24) is 20.0 Å². The fourth-order valence-corrected chi connectivity index (χ4v) is 7.01. The average molecular weight is 587 g/mol. The number of unbranched alkanes of at least 4 members (excludes halogenated alkanes) is 1. The Kier molecular flexibility index (Phi) is 10.9. The molecule has 2 aliphatic heterocycles. The molecular formula is C35H46N4O4. The number of nitrogens with zero attached hydrogens (tertiary/aromatic N) is 3. The van der Waals surface area contributed by atoms with Gasteiger partial charge in [-0.3, -0.25) is 19.2 Å². The highest BCUT2D eigenvalue weighted by atomic mass is 16.2. The molecule has 4 amide bonds. The van der Waals surface area contributed by atoms with Gasteiger partial charge in [0.1, 0.15) is 0 Å². The molecule has 0 radical (unpaired) electrons. The molecule has 0 aromatic heterocycles. The molecule has 5 rings (SSSR count). The predicted molar refractivity (Wildman–Crippen MR) is 166 cm³/mol. The molecule has 2 saturated heterocycles. The van der Waals surface area contributed by atoms with Gasteiger partial charge in [-0.25, -0.2) is 0 Å². The van der Waals surface area contributed by atoms with Gasteiger partial charge in [-0.2, -0.15) is 0 Å². The van der Waals surface area contributed by atoms with Gasteiger partial charge < -0.3 is 20.0 Å². The van der Waals surface area contributed by atoms with Gasteiger partial charge in [-0.1, -0.05) is 92.8 Å². The van der Waals surface area contributed by atoms with Crippen LogP contribution < -0.4 is 5.32 Å². The van der Waals surface area contributed by atoms with Crippen LogP contribution in [-0.2, 0) is 32.0 Å². The van der Waals surface area contributed by atoms with Gasteiger partial charge >= 0.3 is 23.6 Å². The molecule has 2 heterocycles. The van der Waals surface area contributed by atoms with Crippen molar-refractivity contribution < 1.29 is 19.2 Å². The summed E-state index contributed by atoms with van der Waals surface area (Å²) in [5.74, 6) is -1.12. The van der Waals surface area contributed by atoms with Crippen molar-refractivity contribution in [3.05, 3.63) is 71.8 Å². The van der Waals surface area contributed by atoms with Gasteiger partial charge in [0, 0.05) is 38.8 Å². The number of benzene rings is 2. The Morgan fingerprint density at radius 1 is 0.651 bits per heavy atom. The van der Waals surface area contributed by atoms with E-state index >= 15 is 0 Å². The summed E-state index contributed by atoms with van der Waals surface area (Å²) in [6.45, 7) is 2.66. The van der Waals surface area contributed by atoms with Crippen molar-refractivity contribution in [3.8, 4) is 0 Å². The Bertz CT molecular complexity index is 1230. The number of piperazine rings is 2. The molecule has 1 N–H and O–H groups in total. The van der Waals surface area contributed by atoms with Gasteiger partial charge in [0.15, 0.2) is 0 Å². The zero-order chi connectivity index (χ0) is 30.0. The Balaban J connectivity index is 1.16. The second-order valence-electron chi connectivity index (χ2n) is 12.5. The van der Waals surface area contributed by atoms with Gasteiger partial charge in [0.25, 0.3) is 0 Å². The Morgan fingerprint density at radius 3 is 2.05 bits per heavy atom. The first-order valence-electron chi connectivity index (χ1n) is 16.3. The number of hydrogen-bond donors (Lipinski definition) is 1. The molecule has 0 unspecified atom stereocenters. The van der Waals surface area contributed by atoms with Crippen LogP contribution in [0.3, 0.4) is 0 Å². The van der Waals surface area contributed by atoms with Crippen LogP contribution >= 0.6 is 0 Å². The van der Waals surface area contributed by atoms with Crippen molar-refractivity contribution >= 4 is 23.6 Å². The van der Waals surface area contributed by atoms with E-state index in [0.29, 0.717) is 45.1 Å². The molecule has 2 aromatic rings. The molecule has 0 bridgehead atoms. The van der Waals surface area contributed by atoms with Crippen LogP contribution in [0.4, 0.5) is 0 Å². The predicted octanol–water partition coefficient (Wildman–Crippen LogP) is 3.98. The molecular weight excluding hydrogens is 540 g/mol. The molecule has 2 aromatic carbocycles. The maximum Gasteiger partial charge on any atom is 0.312 e. The molecule has 43 heavy (non-hydrogen) atoms. The number of amides is 4. The summed E-state index contributed by atoms with van der Waals surface area (Å²) in [7, 11) is 0. The zero-order valence-electron chi connectivity index (χ0n) is 25.3. The SMILES string of the molecule is O=C1NC[C@H](CCCCN2C[C@H](Cc3ccccc3)N(CCC3CCCCC3)C(=O)C2=O)N(CCc2ccccc2)C1=O. The van der Waals surface area contributed by atoms with E-state index in [0.717, 1.165) is 37.7 Å². The fourth-order valence-electron chi connectivity index (χ4n) is 7.01. The first-order valence-corrected chi connectivity index (χ1v) is 16.3. The Hall–Kier alpha value is -3.68. The molecule has 2 atom stereocenters. The van der Waals surface area contributed by atoms with E-state index in [1.165, 1.54) is 37.7 Å². The highest BCUT2D eigenvalue weighted by Gasteiger charge is 2.39. The van der Waals surface area contributed by atoms with E-state index in [1.54, 1.807) is 9.80 Å². The third-order valence-electron chi connectivity index (χ3n) is 9.51. The minimum absolute atomic E-state index is 0.0316. The molecule has 3 fully saturated rings.